The minimum absolute atomic E-state index is 0.373. The molecule has 1 unspecified atom stereocenters. The molecule has 24 heavy (non-hydrogen) atoms. The van der Waals surface area contributed by atoms with Crippen LogP contribution >= 0.6 is 8.19 Å². The lowest BCUT2D eigenvalue weighted by Gasteiger charge is -2.09. The summed E-state index contributed by atoms with van der Waals surface area (Å²) in [7, 11) is 0.565. The molecule has 0 aliphatic rings. The summed E-state index contributed by atoms with van der Waals surface area (Å²) in [6.07, 6.45) is 0. The molecule has 0 aliphatic carbocycles. The van der Waals surface area contributed by atoms with Crippen LogP contribution < -0.4 is 0 Å². The highest BCUT2D eigenvalue weighted by atomic mass is 31.0. The van der Waals surface area contributed by atoms with Crippen LogP contribution in [0.3, 0.4) is 0 Å². The van der Waals surface area contributed by atoms with Crippen LogP contribution in [0.15, 0.2) is 66.7 Å². The van der Waals surface area contributed by atoms with E-state index in [-0.39, 0.29) is 0 Å². The van der Waals surface area contributed by atoms with Crippen molar-refractivity contribution in [1.82, 2.24) is 0 Å². The molecule has 1 atom stereocenters. The number of aromatic hydroxyl groups is 1. The Hall–Kier alpha value is -2.50. The first-order valence-electron chi connectivity index (χ1n) is 8.12. The average Bonchev–Trinajstić information content (AvgIpc) is 2.91. The average molecular weight is 330 g/mol. The summed E-state index contributed by atoms with van der Waals surface area (Å²) in [5.74, 6) is 0.373. The second-order valence-corrected chi connectivity index (χ2v) is 7.42. The lowest BCUT2D eigenvalue weighted by molar-refractivity contribution is 0.478. The highest BCUT2D eigenvalue weighted by molar-refractivity contribution is 7.38. The van der Waals surface area contributed by atoms with Crippen molar-refractivity contribution in [2.24, 2.45) is 0 Å². The van der Waals surface area contributed by atoms with Gasteiger partial charge in [-0.15, -0.1) is 8.19 Å². The maximum atomic E-state index is 10.6. The van der Waals surface area contributed by atoms with E-state index in [9.17, 15) is 5.11 Å². The van der Waals surface area contributed by atoms with Gasteiger partial charge in [-0.2, -0.15) is 0 Å². The van der Waals surface area contributed by atoms with Crippen molar-refractivity contribution in [3.05, 3.63) is 77.9 Å². The minimum atomic E-state index is 0.373. The fraction of sp³-hybridized carbons (Fsp3) is 0.0909. The van der Waals surface area contributed by atoms with Crippen molar-refractivity contribution >= 4 is 19.0 Å². The smallest absolute Gasteiger partial charge is 0.124 e. The number of hydrogen-bond donors (Lipinski definition) is 1. The van der Waals surface area contributed by atoms with Gasteiger partial charge in [-0.3, -0.25) is 0 Å². The third kappa shape index (κ3) is 2.33. The summed E-state index contributed by atoms with van der Waals surface area (Å²) >= 11 is 0. The Morgan fingerprint density at radius 3 is 2.17 bits per heavy atom. The van der Waals surface area contributed by atoms with Gasteiger partial charge < -0.3 is 5.11 Å². The molecule has 0 spiro atoms. The molecule has 3 aromatic carbocycles. The fourth-order valence-corrected chi connectivity index (χ4v) is 5.05. The minimum Gasteiger partial charge on any atom is -0.507 e. The molecule has 0 amide bonds. The number of benzene rings is 3. The van der Waals surface area contributed by atoms with Crippen molar-refractivity contribution in [2.75, 3.05) is 0 Å². The second-order valence-electron chi connectivity index (χ2n) is 6.17. The Labute approximate surface area is 143 Å². The van der Waals surface area contributed by atoms with Gasteiger partial charge >= 0.3 is 0 Å². The molecule has 1 heterocycles. The van der Waals surface area contributed by atoms with E-state index in [1.807, 2.05) is 24.3 Å². The van der Waals surface area contributed by atoms with Crippen LogP contribution in [0.1, 0.15) is 11.1 Å². The number of hydrogen-bond acceptors (Lipinski definition) is 1. The van der Waals surface area contributed by atoms with E-state index < -0.39 is 0 Å². The molecule has 1 aromatic heterocycles. The predicted molar refractivity (Wildman–Crippen MR) is 105 cm³/mol. The Kier molecular flexibility index (Phi) is 3.67. The van der Waals surface area contributed by atoms with E-state index in [2.05, 4.69) is 56.3 Å². The summed E-state index contributed by atoms with van der Waals surface area (Å²) < 4.78 is 0. The monoisotopic (exact) mass is 330 g/mol. The van der Waals surface area contributed by atoms with Gasteiger partial charge in [0.1, 0.15) is 5.75 Å². The van der Waals surface area contributed by atoms with Crippen LogP contribution in [0.2, 0.25) is 0 Å². The number of fused-ring (bicyclic) bond motifs is 1. The van der Waals surface area contributed by atoms with Gasteiger partial charge in [0, 0.05) is 16.2 Å². The first-order chi connectivity index (χ1) is 11.7. The van der Waals surface area contributed by atoms with E-state index in [1.165, 1.54) is 32.7 Å². The van der Waals surface area contributed by atoms with Crippen molar-refractivity contribution in [3.63, 3.8) is 0 Å². The summed E-state index contributed by atoms with van der Waals surface area (Å²) in [5, 5.41) is 15.5. The Morgan fingerprint density at radius 2 is 1.38 bits per heavy atom. The van der Waals surface area contributed by atoms with E-state index in [0.717, 1.165) is 10.9 Å². The van der Waals surface area contributed by atoms with Gasteiger partial charge in [-0.1, -0.05) is 60.7 Å². The van der Waals surface area contributed by atoms with E-state index in [4.69, 9.17) is 0 Å². The molecular formula is C22H19OP. The van der Waals surface area contributed by atoms with Crippen molar-refractivity contribution < 1.29 is 5.11 Å². The molecule has 4 rings (SSSR count). The fourth-order valence-electron chi connectivity index (χ4n) is 3.35. The molecule has 0 aliphatic heterocycles. The maximum absolute atomic E-state index is 10.6. The molecule has 4 aromatic rings. The van der Waals surface area contributed by atoms with Gasteiger partial charge in [0.05, 0.1) is 0 Å². The SMILES string of the molecule is Cc1c(-c2ccccc2)[pH]c(-c2c(O)ccc3ccccc23)c1C. The van der Waals surface area contributed by atoms with Gasteiger partial charge in [-0.05, 0) is 47.4 Å². The molecule has 1 N–H and O–H groups in total. The molecule has 1 nitrogen and oxygen atoms in total. The molecule has 0 fully saturated rings. The van der Waals surface area contributed by atoms with Crippen LogP contribution in [0.5, 0.6) is 5.75 Å². The van der Waals surface area contributed by atoms with Gasteiger partial charge in [0.25, 0.3) is 0 Å². The highest BCUT2D eigenvalue weighted by Gasteiger charge is 2.17. The largest absolute Gasteiger partial charge is 0.507 e. The number of rotatable bonds is 2. The zero-order valence-corrected chi connectivity index (χ0v) is 14.8. The van der Waals surface area contributed by atoms with Gasteiger partial charge in [-0.25, -0.2) is 0 Å². The normalized spacial score (nSPS) is 11.4. The second kappa shape index (κ2) is 5.85. The Morgan fingerprint density at radius 1 is 0.708 bits per heavy atom. The topological polar surface area (TPSA) is 20.2 Å². The zero-order valence-electron chi connectivity index (χ0n) is 13.8. The van der Waals surface area contributed by atoms with E-state index in [0.29, 0.717) is 13.9 Å². The summed E-state index contributed by atoms with van der Waals surface area (Å²) in [5.41, 5.74) is 4.90. The van der Waals surface area contributed by atoms with Crippen LogP contribution in [0, 0.1) is 13.8 Å². The predicted octanol–water partition coefficient (Wildman–Crippen LogP) is 6.53. The lowest BCUT2D eigenvalue weighted by Crippen LogP contribution is -1.83. The lowest BCUT2D eigenvalue weighted by atomic mass is 9.98. The van der Waals surface area contributed by atoms with E-state index >= 15 is 0 Å². The van der Waals surface area contributed by atoms with Crippen LogP contribution in [0.4, 0.5) is 0 Å². The van der Waals surface area contributed by atoms with Crippen LogP contribution in [-0.2, 0) is 0 Å². The molecule has 0 saturated heterocycles. The maximum Gasteiger partial charge on any atom is 0.124 e. The van der Waals surface area contributed by atoms with Crippen molar-refractivity contribution in [2.45, 2.75) is 13.8 Å². The highest BCUT2D eigenvalue weighted by Crippen LogP contribution is 2.49. The molecule has 0 radical (unpaired) electrons. The zero-order chi connectivity index (χ0) is 16.7. The van der Waals surface area contributed by atoms with E-state index in [1.54, 1.807) is 0 Å². The first kappa shape index (κ1) is 15.1. The number of phenolic OH excluding ortho intramolecular Hbond substituents is 1. The quantitative estimate of drug-likeness (QED) is 0.443. The van der Waals surface area contributed by atoms with Crippen molar-refractivity contribution in [1.29, 1.82) is 0 Å². The van der Waals surface area contributed by atoms with Gasteiger partial charge in [0.15, 0.2) is 0 Å². The summed E-state index contributed by atoms with van der Waals surface area (Å²) in [6, 6.07) is 22.7. The summed E-state index contributed by atoms with van der Waals surface area (Å²) in [4.78, 5) is 0. The Balaban J connectivity index is 2.01. The molecular weight excluding hydrogens is 311 g/mol. The van der Waals surface area contributed by atoms with Crippen LogP contribution in [-0.4, -0.2) is 5.11 Å². The first-order valence-corrected chi connectivity index (χ1v) is 9.12. The van der Waals surface area contributed by atoms with Crippen LogP contribution in [0.25, 0.3) is 32.5 Å². The van der Waals surface area contributed by atoms with Gasteiger partial charge in [0.2, 0.25) is 0 Å². The Bertz CT molecular complexity index is 1030. The standard InChI is InChI=1S/C22H19OP/c1-14-15(2)22(24-21(14)17-9-4-3-5-10-17)20-18-11-7-6-8-16(18)12-13-19(20)23/h3-13,23-24H,1-2H3. The third-order valence-electron chi connectivity index (χ3n) is 4.78. The molecule has 2 heteroatoms. The van der Waals surface area contributed by atoms with Crippen molar-refractivity contribution in [3.8, 4) is 27.5 Å². The third-order valence-corrected chi connectivity index (χ3v) is 6.57. The number of phenols is 1. The molecule has 0 saturated carbocycles. The molecule has 118 valence electrons. The summed E-state index contributed by atoms with van der Waals surface area (Å²) in [6.45, 7) is 4.37. The molecule has 0 bridgehead atoms.